The van der Waals surface area contributed by atoms with Crippen molar-refractivity contribution < 1.29 is 23.8 Å². The van der Waals surface area contributed by atoms with E-state index in [9.17, 15) is 14.3 Å². The summed E-state index contributed by atoms with van der Waals surface area (Å²) < 4.78 is 24.2. The molecule has 1 saturated heterocycles. The molecule has 0 radical (unpaired) electrons. The zero-order chi connectivity index (χ0) is 25.6. The Morgan fingerprint density at radius 3 is 2.66 bits per heavy atom. The number of likely N-dealkylation sites (tertiary alicyclic amines) is 1. The van der Waals surface area contributed by atoms with E-state index in [0.717, 1.165) is 24.5 Å². The SMILES string of the molecule is COC(=O)Cc1ccc(F)cc1OCC(C)(O)CN[C@@H]1C[C@H](C)N(Cc2ccc(Cl)cc2)C[C@@H]1C. The third-order valence-electron chi connectivity index (χ3n) is 6.60. The van der Waals surface area contributed by atoms with E-state index < -0.39 is 17.4 Å². The van der Waals surface area contributed by atoms with Gasteiger partial charge in [-0.3, -0.25) is 9.69 Å². The Hall–Kier alpha value is -2.19. The maximum absolute atomic E-state index is 13.8. The van der Waals surface area contributed by atoms with Gasteiger partial charge in [0.25, 0.3) is 0 Å². The predicted molar refractivity (Wildman–Crippen MR) is 135 cm³/mol. The van der Waals surface area contributed by atoms with Crippen LogP contribution in [-0.2, 0) is 22.5 Å². The molecule has 0 saturated carbocycles. The van der Waals surface area contributed by atoms with Gasteiger partial charge >= 0.3 is 5.97 Å². The fourth-order valence-corrected chi connectivity index (χ4v) is 4.55. The van der Waals surface area contributed by atoms with Crippen LogP contribution in [0.4, 0.5) is 4.39 Å². The van der Waals surface area contributed by atoms with Gasteiger partial charge < -0.3 is 19.9 Å². The third-order valence-corrected chi connectivity index (χ3v) is 6.85. The Morgan fingerprint density at radius 2 is 1.97 bits per heavy atom. The van der Waals surface area contributed by atoms with Crippen molar-refractivity contribution >= 4 is 17.6 Å². The van der Waals surface area contributed by atoms with Crippen LogP contribution in [-0.4, -0.2) is 60.5 Å². The van der Waals surface area contributed by atoms with E-state index in [-0.39, 0.29) is 24.8 Å². The maximum Gasteiger partial charge on any atom is 0.310 e. The van der Waals surface area contributed by atoms with Crippen molar-refractivity contribution in [2.75, 3.05) is 26.8 Å². The molecular formula is C27H36ClFN2O4. The summed E-state index contributed by atoms with van der Waals surface area (Å²) >= 11 is 6.01. The molecule has 1 aliphatic rings. The summed E-state index contributed by atoms with van der Waals surface area (Å²) in [7, 11) is 1.30. The Morgan fingerprint density at radius 1 is 1.26 bits per heavy atom. The molecule has 35 heavy (non-hydrogen) atoms. The summed E-state index contributed by atoms with van der Waals surface area (Å²) in [6, 6.07) is 12.6. The first-order chi connectivity index (χ1) is 16.6. The number of methoxy groups -OCH3 is 1. The van der Waals surface area contributed by atoms with Crippen molar-refractivity contribution in [3.05, 3.63) is 64.4 Å². The molecular weight excluding hydrogens is 471 g/mol. The van der Waals surface area contributed by atoms with Crippen LogP contribution in [0.25, 0.3) is 0 Å². The number of halogens is 2. The summed E-state index contributed by atoms with van der Waals surface area (Å²) in [5.41, 5.74) is 0.569. The van der Waals surface area contributed by atoms with Crippen molar-refractivity contribution in [2.45, 2.75) is 57.8 Å². The van der Waals surface area contributed by atoms with Gasteiger partial charge in [0.2, 0.25) is 0 Å². The minimum Gasteiger partial charge on any atom is -0.490 e. The Balaban J connectivity index is 1.52. The molecule has 0 amide bonds. The number of carbonyl (C=O) groups excluding carboxylic acids is 1. The third kappa shape index (κ3) is 8.17. The number of piperidine rings is 1. The molecule has 1 unspecified atom stereocenters. The lowest BCUT2D eigenvalue weighted by atomic mass is 9.88. The average molecular weight is 507 g/mol. The lowest BCUT2D eigenvalue weighted by Crippen LogP contribution is -2.55. The van der Waals surface area contributed by atoms with Gasteiger partial charge in [-0.15, -0.1) is 0 Å². The fourth-order valence-electron chi connectivity index (χ4n) is 4.43. The van der Waals surface area contributed by atoms with E-state index in [0.29, 0.717) is 24.1 Å². The van der Waals surface area contributed by atoms with Crippen LogP contribution in [0.3, 0.4) is 0 Å². The quantitative estimate of drug-likeness (QED) is 0.470. The first kappa shape index (κ1) is 27.4. The molecule has 4 atom stereocenters. The standard InChI is InChI=1S/C27H36ClFN2O4/c1-18-14-31(15-20-5-8-22(28)9-6-20)19(2)11-24(18)30-16-27(3,33)17-35-25-13-23(29)10-7-21(25)12-26(32)34-4/h5-10,13,18-19,24,30,33H,11-12,14-17H2,1-4H3/t18-,19-,24+,27?/m0/s1. The molecule has 0 spiro atoms. The predicted octanol–water partition coefficient (Wildman–Crippen LogP) is 4.21. The lowest BCUT2D eigenvalue weighted by molar-refractivity contribution is -0.139. The highest BCUT2D eigenvalue weighted by atomic mass is 35.5. The molecule has 2 N–H and O–H groups in total. The minimum absolute atomic E-state index is 0.0312. The van der Waals surface area contributed by atoms with Crippen molar-refractivity contribution in [2.24, 2.45) is 5.92 Å². The van der Waals surface area contributed by atoms with E-state index in [1.165, 1.54) is 30.9 Å². The number of aliphatic hydroxyl groups is 1. The highest BCUT2D eigenvalue weighted by Crippen LogP contribution is 2.26. The maximum atomic E-state index is 13.8. The molecule has 8 heteroatoms. The van der Waals surface area contributed by atoms with Gasteiger partial charge in [0.15, 0.2) is 0 Å². The average Bonchev–Trinajstić information content (AvgIpc) is 2.81. The Kier molecular flexibility index (Phi) is 9.53. The number of carbonyl (C=O) groups is 1. The summed E-state index contributed by atoms with van der Waals surface area (Å²) in [4.78, 5) is 14.1. The molecule has 0 aromatic heterocycles. The largest absolute Gasteiger partial charge is 0.490 e. The van der Waals surface area contributed by atoms with E-state index >= 15 is 0 Å². The zero-order valence-corrected chi connectivity index (χ0v) is 21.6. The van der Waals surface area contributed by atoms with Gasteiger partial charge in [-0.05, 0) is 49.9 Å². The van der Waals surface area contributed by atoms with Gasteiger partial charge in [0, 0.05) is 48.4 Å². The molecule has 0 bridgehead atoms. The van der Waals surface area contributed by atoms with Gasteiger partial charge in [0.1, 0.15) is 23.8 Å². The minimum atomic E-state index is -1.18. The van der Waals surface area contributed by atoms with Crippen LogP contribution in [0.2, 0.25) is 5.02 Å². The molecule has 192 valence electrons. The smallest absolute Gasteiger partial charge is 0.310 e. The molecule has 1 aliphatic heterocycles. The first-order valence-corrected chi connectivity index (χ1v) is 12.4. The Bertz CT molecular complexity index is 986. The fraction of sp³-hybridized carbons (Fsp3) is 0.519. The number of ether oxygens (including phenoxy) is 2. The summed E-state index contributed by atoms with van der Waals surface area (Å²) in [5.74, 6) is -0.293. The molecule has 6 nitrogen and oxygen atoms in total. The van der Waals surface area contributed by atoms with Gasteiger partial charge in [-0.2, -0.15) is 0 Å². The molecule has 1 fully saturated rings. The summed E-state index contributed by atoms with van der Waals surface area (Å²) in [5, 5.41) is 15.2. The zero-order valence-electron chi connectivity index (χ0n) is 20.9. The second-order valence-electron chi connectivity index (χ2n) is 9.90. The second kappa shape index (κ2) is 12.2. The van der Waals surface area contributed by atoms with E-state index in [1.807, 2.05) is 12.1 Å². The normalized spacial score (nSPS) is 22.4. The molecule has 3 rings (SSSR count). The summed E-state index contributed by atoms with van der Waals surface area (Å²) in [6.45, 7) is 8.23. The van der Waals surface area contributed by atoms with Crippen LogP contribution in [0.1, 0.15) is 38.3 Å². The van der Waals surface area contributed by atoms with Crippen LogP contribution in [0.15, 0.2) is 42.5 Å². The van der Waals surface area contributed by atoms with Crippen molar-refractivity contribution in [1.29, 1.82) is 0 Å². The van der Waals surface area contributed by atoms with E-state index in [2.05, 4.69) is 36.2 Å². The number of esters is 1. The number of nitrogens with zero attached hydrogens (tertiary/aromatic N) is 1. The van der Waals surface area contributed by atoms with Crippen molar-refractivity contribution in [1.82, 2.24) is 10.2 Å². The topological polar surface area (TPSA) is 71.0 Å². The van der Waals surface area contributed by atoms with Crippen LogP contribution in [0, 0.1) is 11.7 Å². The lowest BCUT2D eigenvalue weighted by Gasteiger charge is -2.43. The van der Waals surface area contributed by atoms with Crippen LogP contribution in [0.5, 0.6) is 5.75 Å². The van der Waals surface area contributed by atoms with Gasteiger partial charge in [0.05, 0.1) is 13.5 Å². The number of hydrogen-bond donors (Lipinski definition) is 2. The highest BCUT2D eigenvalue weighted by molar-refractivity contribution is 6.30. The van der Waals surface area contributed by atoms with Crippen molar-refractivity contribution in [3.8, 4) is 5.75 Å². The van der Waals surface area contributed by atoms with Crippen LogP contribution >= 0.6 is 11.6 Å². The van der Waals surface area contributed by atoms with Gasteiger partial charge in [-0.1, -0.05) is 36.7 Å². The monoisotopic (exact) mass is 506 g/mol. The summed E-state index contributed by atoms with van der Waals surface area (Å²) in [6.07, 6.45) is 0.926. The second-order valence-corrected chi connectivity index (χ2v) is 10.3. The van der Waals surface area contributed by atoms with Crippen molar-refractivity contribution in [3.63, 3.8) is 0 Å². The number of hydrogen-bond acceptors (Lipinski definition) is 6. The molecule has 2 aromatic rings. The van der Waals surface area contributed by atoms with Gasteiger partial charge in [-0.25, -0.2) is 4.39 Å². The first-order valence-electron chi connectivity index (χ1n) is 12.0. The molecule has 1 heterocycles. The molecule has 0 aliphatic carbocycles. The van der Waals surface area contributed by atoms with Crippen LogP contribution < -0.4 is 10.1 Å². The molecule has 2 aromatic carbocycles. The van der Waals surface area contributed by atoms with E-state index in [1.54, 1.807) is 6.92 Å². The number of rotatable bonds is 10. The highest BCUT2D eigenvalue weighted by Gasteiger charge is 2.32. The Labute approximate surface area is 212 Å². The number of nitrogens with one attached hydrogen (secondary N) is 1. The number of benzene rings is 2. The van der Waals surface area contributed by atoms with E-state index in [4.69, 9.17) is 21.1 Å².